The molecule has 0 radical (unpaired) electrons. The summed E-state index contributed by atoms with van der Waals surface area (Å²) < 4.78 is 7.56. The Balaban J connectivity index is 1.41. The van der Waals surface area contributed by atoms with Crippen molar-refractivity contribution < 1.29 is 19.4 Å². The van der Waals surface area contributed by atoms with Crippen molar-refractivity contribution in [1.82, 2.24) is 19.4 Å². The van der Waals surface area contributed by atoms with Gasteiger partial charge in [-0.15, -0.1) is 0 Å². The summed E-state index contributed by atoms with van der Waals surface area (Å²) in [4.78, 5) is 36.7. The third-order valence-corrected chi connectivity index (χ3v) is 8.96. The van der Waals surface area contributed by atoms with E-state index in [4.69, 9.17) is 9.72 Å². The third-order valence-electron chi connectivity index (χ3n) is 8.96. The molecule has 1 aliphatic heterocycles. The topological polar surface area (TPSA) is 97.5 Å². The van der Waals surface area contributed by atoms with Gasteiger partial charge >= 0.3 is 5.97 Å². The van der Waals surface area contributed by atoms with Gasteiger partial charge in [0.15, 0.2) is 0 Å². The van der Waals surface area contributed by atoms with E-state index in [1.807, 2.05) is 29.2 Å². The summed E-state index contributed by atoms with van der Waals surface area (Å²) in [6.45, 7) is 2.32. The highest BCUT2D eigenvalue weighted by Gasteiger charge is 2.29. The van der Waals surface area contributed by atoms with E-state index in [0.717, 1.165) is 70.0 Å². The number of hydrogen-bond acceptors (Lipinski definition) is 5. The zero-order valence-corrected chi connectivity index (χ0v) is 24.0. The number of carbonyl (C=O) groups is 2. The van der Waals surface area contributed by atoms with E-state index in [1.165, 1.54) is 12.0 Å². The maximum atomic E-state index is 13.7. The molecular weight excluding hydrogens is 540 g/mol. The third kappa shape index (κ3) is 5.27. The number of morpholine rings is 1. The van der Waals surface area contributed by atoms with Gasteiger partial charge in [-0.3, -0.25) is 9.78 Å². The molecule has 1 amide bonds. The summed E-state index contributed by atoms with van der Waals surface area (Å²) >= 11 is 0. The van der Waals surface area contributed by atoms with Gasteiger partial charge in [-0.25, -0.2) is 9.78 Å². The maximum absolute atomic E-state index is 13.7. The molecule has 1 N–H and O–H groups in total. The van der Waals surface area contributed by atoms with Crippen LogP contribution in [0.15, 0.2) is 73.1 Å². The second kappa shape index (κ2) is 11.6. The van der Waals surface area contributed by atoms with Crippen LogP contribution in [0.25, 0.3) is 44.3 Å². The molecule has 8 nitrogen and oxygen atoms in total. The minimum atomic E-state index is -0.975. The molecule has 2 aliphatic rings. The van der Waals surface area contributed by atoms with Crippen LogP contribution in [0, 0.1) is 0 Å². The molecule has 0 spiro atoms. The Bertz CT molecular complexity index is 1820. The lowest BCUT2D eigenvalue weighted by molar-refractivity contribution is -0.135. The van der Waals surface area contributed by atoms with Gasteiger partial charge in [0.2, 0.25) is 5.91 Å². The van der Waals surface area contributed by atoms with Crippen LogP contribution < -0.4 is 0 Å². The van der Waals surface area contributed by atoms with Crippen molar-refractivity contribution in [3.63, 3.8) is 0 Å². The van der Waals surface area contributed by atoms with Crippen LogP contribution in [0.3, 0.4) is 0 Å². The lowest BCUT2D eigenvalue weighted by atomic mass is 9.81. The quantitative estimate of drug-likeness (QED) is 0.248. The lowest BCUT2D eigenvalue weighted by Gasteiger charge is -2.28. The normalized spacial score (nSPS) is 16.1. The first-order valence-electron chi connectivity index (χ1n) is 15.1. The van der Waals surface area contributed by atoms with E-state index >= 15 is 0 Å². The molecule has 0 unspecified atom stereocenters. The molecule has 1 saturated carbocycles. The number of pyridine rings is 2. The molecule has 43 heavy (non-hydrogen) atoms. The van der Waals surface area contributed by atoms with E-state index in [9.17, 15) is 14.7 Å². The number of nitrogens with zero attached hydrogens (tertiary/aromatic N) is 4. The number of ether oxygens (including phenoxy) is 1. The zero-order chi connectivity index (χ0) is 29.3. The van der Waals surface area contributed by atoms with Crippen molar-refractivity contribution >= 4 is 33.7 Å². The fourth-order valence-electron chi connectivity index (χ4n) is 6.79. The number of aromatic carboxylic acids is 1. The van der Waals surface area contributed by atoms with Crippen LogP contribution in [-0.2, 0) is 16.1 Å². The first kappa shape index (κ1) is 27.3. The number of carboxylic acid groups (broad SMARTS) is 1. The number of fused-ring (bicyclic) bond motifs is 2. The van der Waals surface area contributed by atoms with Crippen LogP contribution in [-0.4, -0.2) is 62.7 Å². The van der Waals surface area contributed by atoms with E-state index in [-0.39, 0.29) is 18.0 Å². The number of hydrogen-bond donors (Lipinski definition) is 1. The Morgan fingerprint density at radius 1 is 0.884 bits per heavy atom. The Morgan fingerprint density at radius 3 is 2.44 bits per heavy atom. The van der Waals surface area contributed by atoms with Crippen molar-refractivity contribution in [1.29, 1.82) is 0 Å². The van der Waals surface area contributed by atoms with Crippen LogP contribution in [0.2, 0.25) is 0 Å². The summed E-state index contributed by atoms with van der Waals surface area (Å²) in [5, 5.41) is 11.9. The van der Waals surface area contributed by atoms with Crippen LogP contribution in [0.4, 0.5) is 0 Å². The summed E-state index contributed by atoms with van der Waals surface area (Å²) in [5.41, 5.74) is 7.04. The minimum Gasteiger partial charge on any atom is -0.478 e. The second-order valence-corrected chi connectivity index (χ2v) is 11.6. The molecule has 2 fully saturated rings. The van der Waals surface area contributed by atoms with Crippen molar-refractivity contribution in [2.45, 2.75) is 44.6 Å². The number of carboxylic acids is 1. The molecule has 8 heteroatoms. The zero-order valence-electron chi connectivity index (χ0n) is 24.0. The average molecular weight is 575 g/mol. The predicted molar refractivity (Wildman–Crippen MR) is 166 cm³/mol. The summed E-state index contributed by atoms with van der Waals surface area (Å²) in [6, 6.07) is 19.7. The Kier molecular flexibility index (Phi) is 7.37. The fourth-order valence-corrected chi connectivity index (χ4v) is 6.79. The van der Waals surface area contributed by atoms with Crippen molar-refractivity contribution in [3.8, 4) is 22.5 Å². The predicted octanol–water partition coefficient (Wildman–Crippen LogP) is 6.52. The summed E-state index contributed by atoms with van der Waals surface area (Å²) in [6.07, 6.45) is 9.24. The van der Waals surface area contributed by atoms with Gasteiger partial charge in [0.25, 0.3) is 0 Å². The molecule has 2 aromatic carbocycles. The fraction of sp³-hybridized carbons (Fsp3) is 0.314. The number of aromatic nitrogens is 3. The molecule has 1 saturated heterocycles. The minimum absolute atomic E-state index is 0.0156. The molecule has 0 bridgehead atoms. The number of carbonyl (C=O) groups excluding carboxylic acids is 1. The summed E-state index contributed by atoms with van der Waals surface area (Å²) in [5.74, 6) is -0.622. The van der Waals surface area contributed by atoms with Gasteiger partial charge in [0, 0.05) is 41.8 Å². The van der Waals surface area contributed by atoms with E-state index < -0.39 is 5.97 Å². The van der Waals surface area contributed by atoms with Crippen LogP contribution in [0.1, 0.15) is 53.9 Å². The van der Waals surface area contributed by atoms with Crippen LogP contribution >= 0.6 is 0 Å². The maximum Gasteiger partial charge on any atom is 0.335 e. The van der Waals surface area contributed by atoms with Crippen LogP contribution in [0.5, 0.6) is 0 Å². The molecule has 0 atom stereocenters. The number of rotatable bonds is 6. The van der Waals surface area contributed by atoms with Crippen molar-refractivity contribution in [2.24, 2.45) is 0 Å². The molecule has 218 valence electrons. The molecular formula is C35H34N4O4. The highest BCUT2D eigenvalue weighted by atomic mass is 16.5. The average Bonchev–Trinajstić information content (AvgIpc) is 3.38. The summed E-state index contributed by atoms with van der Waals surface area (Å²) in [7, 11) is 0. The number of benzene rings is 2. The monoisotopic (exact) mass is 574 g/mol. The Hall–Kier alpha value is -4.56. The van der Waals surface area contributed by atoms with E-state index in [0.29, 0.717) is 32.2 Å². The molecule has 3 aromatic heterocycles. The van der Waals surface area contributed by atoms with Crippen molar-refractivity contribution in [2.75, 3.05) is 26.3 Å². The highest BCUT2D eigenvalue weighted by molar-refractivity contribution is 6.00. The lowest BCUT2D eigenvalue weighted by Crippen LogP contribution is -2.42. The molecule has 4 heterocycles. The standard InChI is InChI=1S/C35H34N4O4/c40-32(38-16-18-43-19-17-38)22-39-31-21-27(35(41)42)6-9-28(31)33(24-4-2-1-3-5-24)34(39)26-8-11-30-25(20-26)7-10-29(37-30)23-12-14-36-15-13-23/h6-15,20-21,24H,1-5,16-19,22H2,(H,41,42). The SMILES string of the molecule is O=C(O)c1ccc2c(C3CCCCC3)c(-c3ccc4nc(-c5ccncc5)ccc4c3)n(CC(=O)N3CCOCC3)c2c1. The number of amides is 1. The van der Waals surface area contributed by atoms with Gasteiger partial charge in [0.1, 0.15) is 6.54 Å². The smallest absolute Gasteiger partial charge is 0.335 e. The second-order valence-electron chi connectivity index (χ2n) is 11.6. The highest BCUT2D eigenvalue weighted by Crippen LogP contribution is 2.45. The first-order valence-corrected chi connectivity index (χ1v) is 15.1. The molecule has 1 aliphatic carbocycles. The molecule has 7 rings (SSSR count). The Labute approximate surface area is 249 Å². The van der Waals surface area contributed by atoms with Gasteiger partial charge < -0.3 is 19.3 Å². The van der Waals surface area contributed by atoms with E-state index in [2.05, 4.69) is 33.8 Å². The van der Waals surface area contributed by atoms with Gasteiger partial charge in [-0.2, -0.15) is 0 Å². The van der Waals surface area contributed by atoms with E-state index in [1.54, 1.807) is 24.5 Å². The molecule has 5 aromatic rings. The van der Waals surface area contributed by atoms with Gasteiger partial charge in [-0.05, 0) is 72.4 Å². The van der Waals surface area contributed by atoms with Crippen molar-refractivity contribution in [3.05, 3.63) is 84.2 Å². The Morgan fingerprint density at radius 2 is 1.67 bits per heavy atom. The van der Waals surface area contributed by atoms with Gasteiger partial charge in [-0.1, -0.05) is 37.5 Å². The van der Waals surface area contributed by atoms with Gasteiger partial charge in [0.05, 0.1) is 41.2 Å². The largest absolute Gasteiger partial charge is 0.478 e. The first-order chi connectivity index (χ1) is 21.1.